The van der Waals surface area contributed by atoms with E-state index in [-0.39, 0.29) is 4.90 Å². The van der Waals surface area contributed by atoms with Gasteiger partial charge in [-0.05, 0) is 56.9 Å². The minimum atomic E-state index is -3.74. The summed E-state index contributed by atoms with van der Waals surface area (Å²) in [7, 11) is 0.295. The fourth-order valence-corrected chi connectivity index (χ4v) is 4.66. The summed E-state index contributed by atoms with van der Waals surface area (Å²) in [6, 6.07) is 11.5. The maximum atomic E-state index is 13.6. The third-order valence-electron chi connectivity index (χ3n) is 4.60. The highest BCUT2D eigenvalue weighted by Crippen LogP contribution is 2.36. The Kier molecular flexibility index (Phi) is 5.20. The first-order valence-corrected chi connectivity index (χ1v) is 10.0. The molecular weight excluding hydrogens is 353 g/mol. The fourth-order valence-electron chi connectivity index (χ4n) is 3.10. The molecule has 0 aliphatic carbocycles. The summed E-state index contributed by atoms with van der Waals surface area (Å²) in [5.41, 5.74) is 1.89. The third kappa shape index (κ3) is 3.54. The van der Waals surface area contributed by atoms with E-state index in [2.05, 4.69) is 9.80 Å². The summed E-state index contributed by atoms with van der Waals surface area (Å²) < 4.78 is 41.3. The van der Waals surface area contributed by atoms with Gasteiger partial charge in [0, 0.05) is 19.6 Å². The van der Waals surface area contributed by atoms with E-state index in [9.17, 15) is 12.8 Å². The molecular formula is C19H24FN3O2S. The molecule has 2 aromatic carbocycles. The molecule has 0 bridgehead atoms. The summed E-state index contributed by atoms with van der Waals surface area (Å²) in [4.78, 5) is 4.43. The zero-order chi connectivity index (χ0) is 18.9. The number of anilines is 2. The van der Waals surface area contributed by atoms with Gasteiger partial charge in [0.2, 0.25) is 0 Å². The number of nitrogens with zero attached hydrogens (tertiary/aromatic N) is 3. The van der Waals surface area contributed by atoms with Gasteiger partial charge in [0.15, 0.2) is 0 Å². The van der Waals surface area contributed by atoms with E-state index >= 15 is 0 Å². The van der Waals surface area contributed by atoms with Crippen molar-refractivity contribution in [2.24, 2.45) is 0 Å². The number of sulfonamides is 1. The summed E-state index contributed by atoms with van der Waals surface area (Å²) >= 11 is 0. The molecule has 0 aromatic heterocycles. The number of para-hydroxylation sites is 2. The van der Waals surface area contributed by atoms with Gasteiger partial charge in [-0.15, -0.1) is 0 Å². The quantitative estimate of drug-likeness (QED) is 0.804. The Morgan fingerprint density at radius 3 is 2.42 bits per heavy atom. The molecule has 1 heterocycles. The molecule has 5 nitrogen and oxygen atoms in total. The molecule has 0 N–H and O–H groups in total. The van der Waals surface area contributed by atoms with Gasteiger partial charge in [-0.2, -0.15) is 0 Å². The van der Waals surface area contributed by atoms with Crippen LogP contribution in [0.25, 0.3) is 0 Å². The summed E-state index contributed by atoms with van der Waals surface area (Å²) in [6.45, 7) is 4.26. The van der Waals surface area contributed by atoms with E-state index in [0.717, 1.165) is 18.8 Å². The molecule has 7 heteroatoms. The van der Waals surface area contributed by atoms with E-state index in [1.165, 1.54) is 22.5 Å². The van der Waals surface area contributed by atoms with Gasteiger partial charge in [-0.25, -0.2) is 12.8 Å². The topological polar surface area (TPSA) is 43.9 Å². The molecule has 0 fully saturated rings. The zero-order valence-electron chi connectivity index (χ0n) is 15.3. The number of likely N-dealkylation sites (N-methyl/N-ethyl adjacent to an activating group) is 1. The van der Waals surface area contributed by atoms with Crippen molar-refractivity contribution in [1.29, 1.82) is 0 Å². The van der Waals surface area contributed by atoms with Gasteiger partial charge in [0.25, 0.3) is 10.0 Å². The smallest absolute Gasteiger partial charge is 0.264 e. The van der Waals surface area contributed by atoms with Crippen LogP contribution in [0.15, 0.2) is 47.4 Å². The van der Waals surface area contributed by atoms with Crippen molar-refractivity contribution in [1.82, 2.24) is 4.90 Å². The molecule has 0 amide bonds. The van der Waals surface area contributed by atoms with Gasteiger partial charge < -0.3 is 9.80 Å². The molecule has 0 saturated carbocycles. The predicted octanol–water partition coefficient (Wildman–Crippen LogP) is 2.71. The van der Waals surface area contributed by atoms with E-state index in [4.69, 9.17) is 0 Å². The van der Waals surface area contributed by atoms with Crippen molar-refractivity contribution in [3.63, 3.8) is 0 Å². The molecule has 0 atom stereocenters. The van der Waals surface area contributed by atoms with Crippen LogP contribution in [0, 0.1) is 12.7 Å². The Morgan fingerprint density at radius 2 is 1.77 bits per heavy atom. The Hall–Kier alpha value is -2.12. The predicted molar refractivity (Wildman–Crippen MR) is 103 cm³/mol. The number of benzene rings is 2. The monoisotopic (exact) mass is 377 g/mol. The molecule has 0 saturated heterocycles. The number of hydrogen-bond donors (Lipinski definition) is 0. The van der Waals surface area contributed by atoms with Gasteiger partial charge in [0.1, 0.15) is 5.82 Å². The van der Waals surface area contributed by atoms with Crippen molar-refractivity contribution >= 4 is 21.4 Å². The maximum Gasteiger partial charge on any atom is 0.264 e. The SMILES string of the molecule is Cc1cc(S(=O)(=O)N2CCN(CCN(C)C)c3ccccc32)ccc1F. The Labute approximate surface area is 154 Å². The molecule has 0 radical (unpaired) electrons. The minimum absolute atomic E-state index is 0.118. The Bertz CT molecular complexity index is 899. The lowest BCUT2D eigenvalue weighted by molar-refractivity contribution is 0.413. The van der Waals surface area contributed by atoms with Crippen molar-refractivity contribution in [2.45, 2.75) is 11.8 Å². The highest BCUT2D eigenvalue weighted by Gasteiger charge is 2.31. The summed E-state index contributed by atoms with van der Waals surface area (Å²) in [6.07, 6.45) is 0. The van der Waals surface area contributed by atoms with Gasteiger partial charge in [-0.1, -0.05) is 12.1 Å². The van der Waals surface area contributed by atoms with Gasteiger partial charge in [0.05, 0.1) is 22.8 Å². The molecule has 26 heavy (non-hydrogen) atoms. The standard InChI is InChI=1S/C19H24FN3O2S/c1-15-14-16(8-9-17(15)20)26(24,25)23-13-12-22(11-10-21(2)3)18-6-4-5-7-19(18)23/h4-9,14H,10-13H2,1-3H3. The van der Waals surface area contributed by atoms with E-state index in [0.29, 0.717) is 24.3 Å². The summed E-state index contributed by atoms with van der Waals surface area (Å²) in [5.74, 6) is -0.405. The van der Waals surface area contributed by atoms with E-state index in [1.54, 1.807) is 6.92 Å². The van der Waals surface area contributed by atoms with Crippen LogP contribution in [0.2, 0.25) is 0 Å². The average Bonchev–Trinajstić information content (AvgIpc) is 2.61. The van der Waals surface area contributed by atoms with Crippen molar-refractivity contribution < 1.29 is 12.8 Å². The number of hydrogen-bond acceptors (Lipinski definition) is 4. The van der Waals surface area contributed by atoms with Crippen LogP contribution in [-0.4, -0.2) is 53.6 Å². The Balaban J connectivity index is 1.97. The second-order valence-electron chi connectivity index (χ2n) is 6.77. The Morgan fingerprint density at radius 1 is 1.08 bits per heavy atom. The average molecular weight is 377 g/mol. The molecule has 3 rings (SSSR count). The van der Waals surface area contributed by atoms with Crippen LogP contribution in [0.5, 0.6) is 0 Å². The number of fused-ring (bicyclic) bond motifs is 1. The number of aryl methyl sites for hydroxylation is 1. The third-order valence-corrected chi connectivity index (χ3v) is 6.41. The van der Waals surface area contributed by atoms with E-state index in [1.807, 2.05) is 38.4 Å². The van der Waals surface area contributed by atoms with Crippen LogP contribution in [0.3, 0.4) is 0 Å². The fraction of sp³-hybridized carbons (Fsp3) is 0.368. The summed E-state index contributed by atoms with van der Waals surface area (Å²) in [5, 5.41) is 0. The number of rotatable bonds is 5. The normalized spacial score (nSPS) is 14.7. The number of halogens is 1. The highest BCUT2D eigenvalue weighted by atomic mass is 32.2. The first-order valence-electron chi connectivity index (χ1n) is 8.58. The van der Waals surface area contributed by atoms with Crippen LogP contribution in [-0.2, 0) is 10.0 Å². The molecule has 0 unspecified atom stereocenters. The van der Waals surface area contributed by atoms with Crippen LogP contribution in [0.1, 0.15) is 5.56 Å². The zero-order valence-corrected chi connectivity index (χ0v) is 16.1. The minimum Gasteiger partial charge on any atom is -0.367 e. The van der Waals surface area contributed by atoms with Crippen molar-refractivity contribution in [3.8, 4) is 0 Å². The van der Waals surface area contributed by atoms with Crippen LogP contribution >= 0.6 is 0 Å². The van der Waals surface area contributed by atoms with Crippen molar-refractivity contribution in [2.75, 3.05) is 49.5 Å². The lowest BCUT2D eigenvalue weighted by Gasteiger charge is -2.38. The second kappa shape index (κ2) is 7.25. The van der Waals surface area contributed by atoms with Crippen molar-refractivity contribution in [3.05, 3.63) is 53.8 Å². The van der Waals surface area contributed by atoms with Crippen LogP contribution in [0.4, 0.5) is 15.8 Å². The first-order chi connectivity index (χ1) is 12.3. The van der Waals surface area contributed by atoms with E-state index < -0.39 is 15.8 Å². The lowest BCUT2D eigenvalue weighted by atomic mass is 10.2. The molecule has 1 aliphatic rings. The van der Waals surface area contributed by atoms with Gasteiger partial charge in [-0.3, -0.25) is 4.31 Å². The molecule has 1 aliphatic heterocycles. The maximum absolute atomic E-state index is 13.6. The van der Waals surface area contributed by atoms with Gasteiger partial charge >= 0.3 is 0 Å². The molecule has 2 aromatic rings. The lowest BCUT2D eigenvalue weighted by Crippen LogP contribution is -2.45. The molecule has 0 spiro atoms. The second-order valence-corrected chi connectivity index (χ2v) is 8.63. The largest absolute Gasteiger partial charge is 0.367 e. The highest BCUT2D eigenvalue weighted by molar-refractivity contribution is 7.92. The van der Waals surface area contributed by atoms with Crippen LogP contribution < -0.4 is 9.21 Å². The molecule has 140 valence electrons. The first kappa shape index (κ1) is 18.7.